The van der Waals surface area contributed by atoms with E-state index in [1.807, 2.05) is 19.2 Å². The zero-order valence-corrected chi connectivity index (χ0v) is 12.6. The second kappa shape index (κ2) is 5.29. The Balaban J connectivity index is 2.04. The number of hydrogen-bond acceptors (Lipinski definition) is 3. The van der Waals surface area contributed by atoms with E-state index in [0.29, 0.717) is 12.2 Å². The molecular formula is C15H19FN2S. The highest BCUT2D eigenvalue weighted by atomic mass is 32.1. The lowest BCUT2D eigenvalue weighted by Gasteiger charge is -2.13. The standard InChI is InChI=1S/C15H19FN2S/c1-10-5-6-13(12(16)7-10)17-8-11-9-18-14(19-11)15(2,3)4/h5-7,9,17H,8H2,1-4H3. The van der Waals surface area contributed by atoms with Gasteiger partial charge in [0.05, 0.1) is 17.2 Å². The molecule has 2 aromatic rings. The van der Waals surface area contributed by atoms with Gasteiger partial charge >= 0.3 is 0 Å². The number of hydrogen-bond donors (Lipinski definition) is 1. The van der Waals surface area contributed by atoms with Gasteiger partial charge in [0.25, 0.3) is 0 Å². The molecule has 0 saturated heterocycles. The van der Waals surface area contributed by atoms with Gasteiger partial charge in [0, 0.05) is 16.5 Å². The summed E-state index contributed by atoms with van der Waals surface area (Å²) in [6, 6.07) is 5.21. The highest BCUT2D eigenvalue weighted by Gasteiger charge is 2.17. The molecule has 2 rings (SSSR count). The normalized spacial score (nSPS) is 11.6. The minimum absolute atomic E-state index is 0.0675. The van der Waals surface area contributed by atoms with Crippen LogP contribution in [0.1, 0.15) is 36.2 Å². The quantitative estimate of drug-likeness (QED) is 0.894. The summed E-state index contributed by atoms with van der Waals surface area (Å²) >= 11 is 1.67. The van der Waals surface area contributed by atoms with Gasteiger partial charge in [0.15, 0.2) is 0 Å². The molecule has 0 amide bonds. The minimum atomic E-state index is -0.208. The van der Waals surface area contributed by atoms with Crippen molar-refractivity contribution in [3.05, 3.63) is 45.7 Å². The fourth-order valence-electron chi connectivity index (χ4n) is 1.68. The zero-order valence-electron chi connectivity index (χ0n) is 11.7. The van der Waals surface area contributed by atoms with Gasteiger partial charge < -0.3 is 5.32 Å². The van der Waals surface area contributed by atoms with Gasteiger partial charge in [-0.15, -0.1) is 11.3 Å². The van der Waals surface area contributed by atoms with Crippen LogP contribution in [0.15, 0.2) is 24.4 Å². The van der Waals surface area contributed by atoms with E-state index in [2.05, 4.69) is 31.1 Å². The first kappa shape index (κ1) is 14.0. The molecule has 0 aliphatic rings. The molecule has 0 fully saturated rings. The van der Waals surface area contributed by atoms with Crippen molar-refractivity contribution in [2.75, 3.05) is 5.32 Å². The van der Waals surface area contributed by atoms with Crippen LogP contribution < -0.4 is 5.32 Å². The zero-order chi connectivity index (χ0) is 14.0. The maximum atomic E-state index is 13.7. The van der Waals surface area contributed by atoms with Crippen molar-refractivity contribution >= 4 is 17.0 Å². The van der Waals surface area contributed by atoms with E-state index in [1.54, 1.807) is 17.4 Å². The maximum absolute atomic E-state index is 13.7. The van der Waals surface area contributed by atoms with Gasteiger partial charge in [0.2, 0.25) is 0 Å². The molecule has 4 heteroatoms. The summed E-state index contributed by atoms with van der Waals surface area (Å²) in [5.41, 5.74) is 1.53. The van der Waals surface area contributed by atoms with Crippen LogP contribution in [0.3, 0.4) is 0 Å². The third-order valence-corrected chi connectivity index (χ3v) is 4.20. The Kier molecular flexibility index (Phi) is 3.90. The van der Waals surface area contributed by atoms with Crippen LogP contribution >= 0.6 is 11.3 Å². The number of rotatable bonds is 3. The van der Waals surface area contributed by atoms with E-state index >= 15 is 0 Å². The van der Waals surface area contributed by atoms with Gasteiger partial charge in [-0.2, -0.15) is 0 Å². The Morgan fingerprint density at radius 2 is 2.05 bits per heavy atom. The third-order valence-electron chi connectivity index (χ3n) is 2.77. The predicted octanol–water partition coefficient (Wildman–Crippen LogP) is 4.50. The summed E-state index contributed by atoms with van der Waals surface area (Å²) in [7, 11) is 0. The highest BCUT2D eigenvalue weighted by Crippen LogP contribution is 2.27. The van der Waals surface area contributed by atoms with E-state index in [0.717, 1.165) is 15.4 Å². The lowest BCUT2D eigenvalue weighted by atomic mass is 9.98. The second-order valence-electron chi connectivity index (χ2n) is 5.72. The molecule has 1 heterocycles. The van der Waals surface area contributed by atoms with Crippen LogP contribution in [0.5, 0.6) is 0 Å². The average molecular weight is 278 g/mol. The maximum Gasteiger partial charge on any atom is 0.146 e. The van der Waals surface area contributed by atoms with Crippen molar-refractivity contribution < 1.29 is 4.39 Å². The number of nitrogens with one attached hydrogen (secondary N) is 1. The summed E-state index contributed by atoms with van der Waals surface area (Å²) in [5, 5.41) is 4.22. The first-order chi connectivity index (χ1) is 8.86. The largest absolute Gasteiger partial charge is 0.378 e. The fourth-order valence-corrected chi connectivity index (χ4v) is 2.59. The molecule has 1 aromatic heterocycles. The summed E-state index contributed by atoms with van der Waals surface area (Å²) in [5.74, 6) is -0.208. The highest BCUT2D eigenvalue weighted by molar-refractivity contribution is 7.11. The summed E-state index contributed by atoms with van der Waals surface area (Å²) in [6.45, 7) is 8.91. The molecule has 0 saturated carbocycles. The second-order valence-corrected chi connectivity index (χ2v) is 6.83. The predicted molar refractivity (Wildman–Crippen MR) is 79.3 cm³/mol. The number of aryl methyl sites for hydroxylation is 1. The smallest absolute Gasteiger partial charge is 0.146 e. The van der Waals surface area contributed by atoms with Crippen molar-refractivity contribution in [3.8, 4) is 0 Å². The van der Waals surface area contributed by atoms with Crippen molar-refractivity contribution in [1.82, 2.24) is 4.98 Å². The Hall–Kier alpha value is -1.42. The van der Waals surface area contributed by atoms with Gasteiger partial charge in [0.1, 0.15) is 5.82 Å². The number of halogens is 1. The Morgan fingerprint density at radius 3 is 2.63 bits per heavy atom. The van der Waals surface area contributed by atoms with Crippen molar-refractivity contribution in [3.63, 3.8) is 0 Å². The van der Waals surface area contributed by atoms with E-state index in [-0.39, 0.29) is 11.2 Å². The Morgan fingerprint density at radius 1 is 1.32 bits per heavy atom. The van der Waals surface area contributed by atoms with Gasteiger partial charge in [-0.3, -0.25) is 0 Å². The molecule has 0 unspecified atom stereocenters. The van der Waals surface area contributed by atoms with E-state index < -0.39 is 0 Å². The van der Waals surface area contributed by atoms with Crippen LogP contribution in [-0.2, 0) is 12.0 Å². The lowest BCUT2D eigenvalue weighted by molar-refractivity contribution is 0.585. The van der Waals surface area contributed by atoms with Crippen molar-refractivity contribution in [1.29, 1.82) is 0 Å². The average Bonchev–Trinajstić information content (AvgIpc) is 2.76. The molecule has 0 aliphatic carbocycles. The van der Waals surface area contributed by atoms with Crippen LogP contribution in [0.4, 0.5) is 10.1 Å². The van der Waals surface area contributed by atoms with Gasteiger partial charge in [-0.25, -0.2) is 9.37 Å². The third kappa shape index (κ3) is 3.53. The number of benzene rings is 1. The lowest BCUT2D eigenvalue weighted by Crippen LogP contribution is -2.09. The number of nitrogens with zero attached hydrogens (tertiary/aromatic N) is 1. The van der Waals surface area contributed by atoms with Crippen LogP contribution in [0, 0.1) is 12.7 Å². The van der Waals surface area contributed by atoms with Crippen molar-refractivity contribution in [2.24, 2.45) is 0 Å². The van der Waals surface area contributed by atoms with E-state index in [1.165, 1.54) is 6.07 Å². The molecule has 0 radical (unpaired) electrons. The summed E-state index contributed by atoms with van der Waals surface area (Å²) in [4.78, 5) is 5.54. The molecule has 0 bridgehead atoms. The molecule has 1 aromatic carbocycles. The minimum Gasteiger partial charge on any atom is -0.378 e. The first-order valence-corrected chi connectivity index (χ1v) is 7.13. The van der Waals surface area contributed by atoms with E-state index in [4.69, 9.17) is 0 Å². The number of thiazole rings is 1. The Labute approximate surface area is 117 Å². The van der Waals surface area contributed by atoms with Gasteiger partial charge in [-0.1, -0.05) is 26.8 Å². The molecule has 0 spiro atoms. The fraction of sp³-hybridized carbons (Fsp3) is 0.400. The molecule has 0 aliphatic heterocycles. The van der Waals surface area contributed by atoms with E-state index in [9.17, 15) is 4.39 Å². The molecule has 0 atom stereocenters. The SMILES string of the molecule is Cc1ccc(NCc2cnc(C(C)(C)C)s2)c(F)c1. The Bertz CT molecular complexity index is 570. The molecular weight excluding hydrogens is 259 g/mol. The topological polar surface area (TPSA) is 24.9 Å². The molecule has 102 valence electrons. The molecule has 19 heavy (non-hydrogen) atoms. The summed E-state index contributed by atoms with van der Waals surface area (Å²) in [6.07, 6.45) is 1.87. The van der Waals surface area contributed by atoms with Crippen LogP contribution in [0.25, 0.3) is 0 Å². The van der Waals surface area contributed by atoms with Crippen molar-refractivity contribution in [2.45, 2.75) is 39.7 Å². The number of anilines is 1. The van der Waals surface area contributed by atoms with Crippen LogP contribution in [0.2, 0.25) is 0 Å². The summed E-state index contributed by atoms with van der Waals surface area (Å²) < 4.78 is 13.7. The van der Waals surface area contributed by atoms with Gasteiger partial charge in [-0.05, 0) is 24.6 Å². The first-order valence-electron chi connectivity index (χ1n) is 6.31. The molecule has 1 N–H and O–H groups in total. The van der Waals surface area contributed by atoms with Crippen LogP contribution in [-0.4, -0.2) is 4.98 Å². The monoisotopic (exact) mass is 278 g/mol. The number of aromatic nitrogens is 1. The molecule has 2 nitrogen and oxygen atoms in total.